The van der Waals surface area contributed by atoms with Crippen molar-refractivity contribution in [1.29, 1.82) is 0 Å². The third-order valence-corrected chi connectivity index (χ3v) is 3.64. The van der Waals surface area contributed by atoms with Crippen LogP contribution >= 0.6 is 11.3 Å². The van der Waals surface area contributed by atoms with E-state index in [1.165, 1.54) is 4.90 Å². The average molecular weight is 270 g/mol. The van der Waals surface area contributed by atoms with Crippen molar-refractivity contribution in [2.45, 2.75) is 26.7 Å². The molecule has 1 aromatic rings. The molecule has 0 saturated heterocycles. The molecule has 0 aliphatic heterocycles. The van der Waals surface area contributed by atoms with Crippen LogP contribution in [0.1, 0.15) is 24.0 Å². The zero-order valence-electron chi connectivity index (χ0n) is 10.8. The Hall–Kier alpha value is -1.43. The molecular formula is C12H18N2O3S. The maximum atomic E-state index is 11.8. The Morgan fingerprint density at radius 3 is 2.72 bits per heavy atom. The van der Waals surface area contributed by atoms with E-state index in [0.717, 1.165) is 10.7 Å². The third-order valence-electron chi connectivity index (χ3n) is 2.61. The van der Waals surface area contributed by atoms with Crippen LogP contribution < -0.4 is 0 Å². The minimum absolute atomic E-state index is 0.0454. The molecule has 0 aliphatic rings. The maximum Gasteiger partial charge on any atom is 0.308 e. The lowest BCUT2D eigenvalue weighted by molar-refractivity contribution is -0.142. The molecule has 0 radical (unpaired) electrons. The topological polar surface area (TPSA) is 70.5 Å². The van der Waals surface area contributed by atoms with Crippen LogP contribution in [0, 0.1) is 12.8 Å². The molecule has 1 N–H and O–H groups in total. The highest BCUT2D eigenvalue weighted by atomic mass is 32.1. The number of rotatable bonds is 6. The highest BCUT2D eigenvalue weighted by molar-refractivity contribution is 7.09. The van der Waals surface area contributed by atoms with Crippen LogP contribution in [-0.4, -0.2) is 40.5 Å². The monoisotopic (exact) mass is 270 g/mol. The summed E-state index contributed by atoms with van der Waals surface area (Å²) in [5.74, 6) is -1.47. The standard InChI is InChI=1S/C12H18N2O3S/c1-8(12(16)17)6-14(3)11(15)5-4-10-13-9(2)7-18-10/h7-8H,4-6H2,1-3H3,(H,16,17). The lowest BCUT2D eigenvalue weighted by atomic mass is 10.1. The fourth-order valence-corrected chi connectivity index (χ4v) is 2.29. The van der Waals surface area contributed by atoms with E-state index >= 15 is 0 Å². The first-order chi connectivity index (χ1) is 8.40. The molecule has 1 atom stereocenters. The number of aromatic nitrogens is 1. The molecule has 18 heavy (non-hydrogen) atoms. The zero-order chi connectivity index (χ0) is 13.7. The molecule has 0 bridgehead atoms. The highest BCUT2D eigenvalue weighted by Gasteiger charge is 2.17. The van der Waals surface area contributed by atoms with Crippen molar-refractivity contribution >= 4 is 23.2 Å². The molecule has 0 aliphatic carbocycles. The van der Waals surface area contributed by atoms with Crippen molar-refractivity contribution in [3.8, 4) is 0 Å². The van der Waals surface area contributed by atoms with E-state index in [1.807, 2.05) is 12.3 Å². The van der Waals surface area contributed by atoms with Crippen molar-refractivity contribution in [3.05, 3.63) is 16.1 Å². The summed E-state index contributed by atoms with van der Waals surface area (Å²) in [6.45, 7) is 3.75. The molecular weight excluding hydrogens is 252 g/mol. The number of carboxylic acid groups (broad SMARTS) is 1. The fourth-order valence-electron chi connectivity index (χ4n) is 1.51. The number of carbonyl (C=O) groups is 2. The van der Waals surface area contributed by atoms with Gasteiger partial charge in [-0.15, -0.1) is 11.3 Å². The smallest absolute Gasteiger partial charge is 0.308 e. The van der Waals surface area contributed by atoms with Gasteiger partial charge in [0.2, 0.25) is 5.91 Å². The number of hydrogen-bond acceptors (Lipinski definition) is 4. The second-order valence-electron chi connectivity index (χ2n) is 4.40. The quantitative estimate of drug-likeness (QED) is 0.851. The summed E-state index contributed by atoms with van der Waals surface area (Å²) < 4.78 is 0. The number of carboxylic acids is 1. The van der Waals surface area contributed by atoms with E-state index in [1.54, 1.807) is 25.3 Å². The van der Waals surface area contributed by atoms with Crippen molar-refractivity contribution in [3.63, 3.8) is 0 Å². The Morgan fingerprint density at radius 2 is 2.22 bits per heavy atom. The SMILES string of the molecule is Cc1csc(CCC(=O)N(C)CC(C)C(=O)O)n1. The highest BCUT2D eigenvalue weighted by Crippen LogP contribution is 2.11. The van der Waals surface area contributed by atoms with Gasteiger partial charge in [-0.05, 0) is 6.92 Å². The van der Waals surface area contributed by atoms with E-state index in [9.17, 15) is 9.59 Å². The van der Waals surface area contributed by atoms with Crippen LogP contribution in [0.3, 0.4) is 0 Å². The molecule has 0 spiro atoms. The Balaban J connectivity index is 2.38. The van der Waals surface area contributed by atoms with E-state index in [4.69, 9.17) is 5.11 Å². The van der Waals surface area contributed by atoms with Gasteiger partial charge in [0.1, 0.15) is 0 Å². The minimum Gasteiger partial charge on any atom is -0.481 e. The number of aliphatic carboxylic acids is 1. The van der Waals surface area contributed by atoms with Crippen LogP contribution in [0.15, 0.2) is 5.38 Å². The summed E-state index contributed by atoms with van der Waals surface area (Å²) in [5.41, 5.74) is 0.968. The number of carbonyl (C=O) groups excluding carboxylic acids is 1. The van der Waals surface area contributed by atoms with Crippen molar-refractivity contribution < 1.29 is 14.7 Å². The first kappa shape index (κ1) is 14.6. The molecule has 0 fully saturated rings. The van der Waals surface area contributed by atoms with E-state index in [-0.39, 0.29) is 12.5 Å². The summed E-state index contributed by atoms with van der Waals surface area (Å²) in [6, 6.07) is 0. The molecule has 1 aromatic heterocycles. The fraction of sp³-hybridized carbons (Fsp3) is 0.583. The van der Waals surface area contributed by atoms with Gasteiger partial charge in [0.05, 0.1) is 10.9 Å². The summed E-state index contributed by atoms with van der Waals surface area (Å²) in [5, 5.41) is 11.7. The summed E-state index contributed by atoms with van der Waals surface area (Å²) in [6.07, 6.45) is 0.985. The van der Waals surface area contributed by atoms with E-state index < -0.39 is 11.9 Å². The lowest BCUT2D eigenvalue weighted by Gasteiger charge is -2.19. The number of amides is 1. The van der Waals surface area contributed by atoms with Gasteiger partial charge in [0, 0.05) is 37.5 Å². The Bertz CT molecular complexity index is 431. The third kappa shape index (κ3) is 4.44. The van der Waals surface area contributed by atoms with Crippen molar-refractivity contribution in [2.75, 3.05) is 13.6 Å². The van der Waals surface area contributed by atoms with Gasteiger partial charge in [-0.3, -0.25) is 9.59 Å². The van der Waals surface area contributed by atoms with Gasteiger partial charge in [-0.1, -0.05) is 6.92 Å². The molecule has 5 nitrogen and oxygen atoms in total. The maximum absolute atomic E-state index is 11.8. The largest absolute Gasteiger partial charge is 0.481 e. The predicted molar refractivity (Wildman–Crippen MR) is 69.6 cm³/mol. The van der Waals surface area contributed by atoms with Crippen LogP contribution in [0.4, 0.5) is 0 Å². The number of thiazole rings is 1. The van der Waals surface area contributed by atoms with Crippen LogP contribution in [0.2, 0.25) is 0 Å². The molecule has 100 valence electrons. The molecule has 1 amide bonds. The summed E-state index contributed by atoms with van der Waals surface area (Å²) >= 11 is 1.55. The van der Waals surface area contributed by atoms with E-state index in [2.05, 4.69) is 4.98 Å². The predicted octanol–water partition coefficient (Wildman–Crippen LogP) is 1.56. The zero-order valence-corrected chi connectivity index (χ0v) is 11.7. The Morgan fingerprint density at radius 1 is 1.56 bits per heavy atom. The Labute approximate surface area is 110 Å². The van der Waals surface area contributed by atoms with E-state index in [0.29, 0.717) is 12.8 Å². The molecule has 0 saturated carbocycles. The lowest BCUT2D eigenvalue weighted by Crippen LogP contribution is -2.33. The molecule has 0 aromatic carbocycles. The van der Waals surface area contributed by atoms with Gasteiger partial charge in [0.25, 0.3) is 0 Å². The number of nitrogens with zero attached hydrogens (tertiary/aromatic N) is 2. The molecule has 6 heteroatoms. The summed E-state index contributed by atoms with van der Waals surface area (Å²) in [7, 11) is 1.63. The normalized spacial score (nSPS) is 12.2. The second kappa shape index (κ2) is 6.49. The van der Waals surface area contributed by atoms with Gasteiger partial charge in [-0.25, -0.2) is 4.98 Å². The molecule has 1 rings (SSSR count). The van der Waals surface area contributed by atoms with Gasteiger partial charge < -0.3 is 10.0 Å². The number of aryl methyl sites for hydroxylation is 2. The van der Waals surface area contributed by atoms with Gasteiger partial charge >= 0.3 is 5.97 Å². The van der Waals surface area contributed by atoms with Crippen LogP contribution in [0.5, 0.6) is 0 Å². The van der Waals surface area contributed by atoms with Gasteiger partial charge in [0.15, 0.2) is 0 Å². The minimum atomic E-state index is -0.884. The average Bonchev–Trinajstić information content (AvgIpc) is 2.71. The first-order valence-corrected chi connectivity index (χ1v) is 6.66. The van der Waals surface area contributed by atoms with Crippen molar-refractivity contribution in [2.24, 2.45) is 5.92 Å². The molecule has 1 unspecified atom stereocenters. The van der Waals surface area contributed by atoms with Crippen LogP contribution in [0.25, 0.3) is 0 Å². The van der Waals surface area contributed by atoms with Crippen LogP contribution in [-0.2, 0) is 16.0 Å². The summed E-state index contributed by atoms with van der Waals surface area (Å²) in [4.78, 5) is 28.2. The van der Waals surface area contributed by atoms with Crippen molar-refractivity contribution in [1.82, 2.24) is 9.88 Å². The number of hydrogen-bond donors (Lipinski definition) is 1. The Kier molecular flexibility index (Phi) is 5.27. The second-order valence-corrected chi connectivity index (χ2v) is 5.34. The van der Waals surface area contributed by atoms with Gasteiger partial charge in [-0.2, -0.15) is 0 Å². The first-order valence-electron chi connectivity index (χ1n) is 5.78. The molecule has 1 heterocycles.